The van der Waals surface area contributed by atoms with Crippen molar-refractivity contribution < 1.29 is 14.3 Å². The zero-order chi connectivity index (χ0) is 23.4. The molecule has 3 aromatic rings. The van der Waals surface area contributed by atoms with Crippen LogP contribution in [0.1, 0.15) is 37.9 Å². The van der Waals surface area contributed by atoms with E-state index < -0.39 is 6.04 Å². The maximum atomic E-state index is 13.5. The van der Waals surface area contributed by atoms with Crippen LogP contribution >= 0.6 is 0 Å². The van der Waals surface area contributed by atoms with Gasteiger partial charge in [-0.2, -0.15) is 0 Å². The second-order valence-corrected chi connectivity index (χ2v) is 9.26. The van der Waals surface area contributed by atoms with Gasteiger partial charge in [0.2, 0.25) is 5.91 Å². The Kier molecular flexibility index (Phi) is 6.65. The van der Waals surface area contributed by atoms with E-state index >= 15 is 0 Å². The summed E-state index contributed by atoms with van der Waals surface area (Å²) in [7, 11) is 1.67. The lowest BCUT2D eigenvalue weighted by molar-refractivity contribution is -0.128. The number of benzene rings is 2. The van der Waals surface area contributed by atoms with E-state index in [4.69, 9.17) is 9.47 Å². The van der Waals surface area contributed by atoms with E-state index in [0.717, 1.165) is 28.0 Å². The van der Waals surface area contributed by atoms with Crippen LogP contribution < -0.4 is 14.8 Å². The largest absolute Gasteiger partial charge is 0.497 e. The third-order valence-electron chi connectivity index (χ3n) is 5.62. The molecule has 1 aliphatic rings. The number of fused-ring (bicyclic) bond motifs is 1. The first-order valence-corrected chi connectivity index (χ1v) is 11.2. The molecular formula is C27H31N3O3. The molecule has 1 amide bonds. The fraction of sp³-hybridized carbons (Fsp3) is 0.333. The second-order valence-electron chi connectivity index (χ2n) is 9.26. The minimum absolute atomic E-state index is 0.0545. The zero-order valence-electron chi connectivity index (χ0n) is 19.7. The van der Waals surface area contributed by atoms with Gasteiger partial charge in [-0.1, -0.05) is 36.4 Å². The Bertz CT molecular complexity index is 1120. The van der Waals surface area contributed by atoms with Crippen LogP contribution in [-0.2, 0) is 11.3 Å². The van der Waals surface area contributed by atoms with Crippen LogP contribution in [0.3, 0.4) is 0 Å². The minimum atomic E-state index is -0.506. The van der Waals surface area contributed by atoms with Gasteiger partial charge < -0.3 is 14.8 Å². The number of ether oxygens (including phenoxy) is 2. The molecule has 0 bridgehead atoms. The fourth-order valence-electron chi connectivity index (χ4n) is 4.19. The van der Waals surface area contributed by atoms with Gasteiger partial charge in [0.1, 0.15) is 24.1 Å². The SMILES string of the molecule is COc1cccc(-c2ccccc2CN2CCOc3ccncc3C2C(=O)NC(C)(C)C)c1. The molecule has 0 fully saturated rings. The van der Waals surface area contributed by atoms with Gasteiger partial charge in [0.15, 0.2) is 0 Å². The highest BCUT2D eigenvalue weighted by molar-refractivity contribution is 5.84. The summed E-state index contributed by atoms with van der Waals surface area (Å²) >= 11 is 0. The van der Waals surface area contributed by atoms with Crippen molar-refractivity contribution >= 4 is 5.91 Å². The summed E-state index contributed by atoms with van der Waals surface area (Å²) in [6.07, 6.45) is 3.44. The molecule has 1 atom stereocenters. The highest BCUT2D eigenvalue weighted by Crippen LogP contribution is 2.35. The summed E-state index contributed by atoms with van der Waals surface area (Å²) in [5.41, 5.74) is 3.76. The van der Waals surface area contributed by atoms with E-state index in [1.54, 1.807) is 19.5 Å². The number of amides is 1. The van der Waals surface area contributed by atoms with Crippen molar-refractivity contribution in [3.8, 4) is 22.6 Å². The molecule has 6 nitrogen and oxygen atoms in total. The number of rotatable bonds is 5. The normalized spacial score (nSPS) is 16.3. The monoisotopic (exact) mass is 445 g/mol. The molecule has 0 aliphatic carbocycles. The molecule has 1 aromatic heterocycles. The number of nitrogens with one attached hydrogen (secondary N) is 1. The quantitative estimate of drug-likeness (QED) is 0.622. The topological polar surface area (TPSA) is 63.7 Å². The predicted molar refractivity (Wildman–Crippen MR) is 129 cm³/mol. The highest BCUT2D eigenvalue weighted by Gasteiger charge is 2.34. The molecule has 0 saturated heterocycles. The summed E-state index contributed by atoms with van der Waals surface area (Å²) in [5.74, 6) is 1.47. The van der Waals surface area contributed by atoms with E-state index in [9.17, 15) is 4.79 Å². The smallest absolute Gasteiger partial charge is 0.242 e. The number of pyridine rings is 1. The first-order chi connectivity index (χ1) is 15.9. The third-order valence-corrected chi connectivity index (χ3v) is 5.62. The van der Waals surface area contributed by atoms with E-state index in [1.165, 1.54) is 0 Å². The average molecular weight is 446 g/mol. The molecule has 0 radical (unpaired) electrons. The molecule has 2 aromatic carbocycles. The fourth-order valence-corrected chi connectivity index (χ4v) is 4.19. The molecular weight excluding hydrogens is 414 g/mol. The molecule has 1 N–H and O–H groups in total. The Labute approximate surface area is 195 Å². The van der Waals surface area contributed by atoms with Crippen molar-refractivity contribution in [1.29, 1.82) is 0 Å². The van der Waals surface area contributed by atoms with Crippen molar-refractivity contribution in [1.82, 2.24) is 15.2 Å². The summed E-state index contributed by atoms with van der Waals surface area (Å²) in [6, 6.07) is 17.7. The van der Waals surface area contributed by atoms with Crippen LogP contribution in [-0.4, -0.2) is 41.6 Å². The van der Waals surface area contributed by atoms with Gasteiger partial charge in [0.25, 0.3) is 0 Å². The van der Waals surface area contributed by atoms with Crippen LogP contribution in [0.5, 0.6) is 11.5 Å². The lowest BCUT2D eigenvalue weighted by Crippen LogP contribution is -2.47. The Morgan fingerprint density at radius 1 is 1.18 bits per heavy atom. The number of nitrogens with zero attached hydrogens (tertiary/aromatic N) is 2. The maximum absolute atomic E-state index is 13.5. The van der Waals surface area contributed by atoms with E-state index in [1.807, 2.05) is 57.2 Å². The van der Waals surface area contributed by atoms with Crippen molar-refractivity contribution in [3.63, 3.8) is 0 Å². The molecule has 0 spiro atoms. The van der Waals surface area contributed by atoms with Crippen molar-refractivity contribution in [2.45, 2.75) is 38.9 Å². The minimum Gasteiger partial charge on any atom is -0.497 e. The van der Waals surface area contributed by atoms with Gasteiger partial charge in [-0.15, -0.1) is 0 Å². The predicted octanol–water partition coefficient (Wildman–Crippen LogP) is 4.61. The number of carbonyl (C=O) groups excluding carboxylic acids is 1. The first kappa shape index (κ1) is 22.8. The molecule has 4 rings (SSSR count). The Morgan fingerprint density at radius 3 is 2.79 bits per heavy atom. The van der Waals surface area contributed by atoms with Gasteiger partial charge in [-0.05, 0) is 55.7 Å². The Balaban J connectivity index is 1.72. The van der Waals surface area contributed by atoms with E-state index in [-0.39, 0.29) is 11.4 Å². The van der Waals surface area contributed by atoms with Crippen molar-refractivity contribution in [2.24, 2.45) is 0 Å². The molecule has 6 heteroatoms. The maximum Gasteiger partial charge on any atom is 0.242 e. The number of hydrogen-bond acceptors (Lipinski definition) is 5. The standard InChI is InChI=1S/C27H31N3O3/c1-27(2,3)29-26(31)25-23-17-28-13-12-24(23)33-15-14-30(25)18-20-8-5-6-11-22(20)19-9-7-10-21(16-19)32-4/h5-13,16-17,25H,14-15,18H2,1-4H3,(H,29,31). The summed E-state index contributed by atoms with van der Waals surface area (Å²) in [6.45, 7) is 7.67. The number of carbonyl (C=O) groups is 1. The van der Waals surface area contributed by atoms with Crippen molar-refractivity contribution in [2.75, 3.05) is 20.3 Å². The van der Waals surface area contributed by atoms with Gasteiger partial charge in [-0.3, -0.25) is 14.7 Å². The van der Waals surface area contributed by atoms with Crippen LogP contribution in [0.4, 0.5) is 0 Å². The third kappa shape index (κ3) is 5.34. The molecule has 172 valence electrons. The Hall–Kier alpha value is -3.38. The summed E-state index contributed by atoms with van der Waals surface area (Å²) in [5, 5.41) is 3.15. The first-order valence-electron chi connectivity index (χ1n) is 11.2. The molecule has 33 heavy (non-hydrogen) atoms. The Morgan fingerprint density at radius 2 is 2.00 bits per heavy atom. The van der Waals surface area contributed by atoms with Crippen molar-refractivity contribution in [3.05, 3.63) is 78.1 Å². The van der Waals surface area contributed by atoms with E-state index in [0.29, 0.717) is 25.4 Å². The summed E-state index contributed by atoms with van der Waals surface area (Å²) in [4.78, 5) is 20.0. The number of aromatic nitrogens is 1. The lowest BCUT2D eigenvalue weighted by atomic mass is 9.97. The summed E-state index contributed by atoms with van der Waals surface area (Å²) < 4.78 is 11.4. The van der Waals surface area contributed by atoms with Crippen LogP contribution in [0.2, 0.25) is 0 Å². The molecule has 1 aliphatic heterocycles. The number of hydrogen-bond donors (Lipinski definition) is 1. The number of methoxy groups -OCH3 is 1. The second kappa shape index (κ2) is 9.63. The molecule has 0 saturated carbocycles. The average Bonchev–Trinajstić information content (AvgIpc) is 2.97. The van der Waals surface area contributed by atoms with Crippen LogP contribution in [0, 0.1) is 0 Å². The van der Waals surface area contributed by atoms with Gasteiger partial charge >= 0.3 is 0 Å². The van der Waals surface area contributed by atoms with Gasteiger partial charge in [0, 0.05) is 36.6 Å². The van der Waals surface area contributed by atoms with E-state index in [2.05, 4.69) is 33.4 Å². The lowest BCUT2D eigenvalue weighted by Gasteiger charge is -2.32. The molecule has 1 unspecified atom stereocenters. The highest BCUT2D eigenvalue weighted by atomic mass is 16.5. The van der Waals surface area contributed by atoms with Gasteiger partial charge in [-0.25, -0.2) is 0 Å². The van der Waals surface area contributed by atoms with Crippen LogP contribution in [0.15, 0.2) is 67.0 Å². The van der Waals surface area contributed by atoms with Gasteiger partial charge in [0.05, 0.1) is 7.11 Å². The van der Waals surface area contributed by atoms with Crippen LogP contribution in [0.25, 0.3) is 11.1 Å². The zero-order valence-corrected chi connectivity index (χ0v) is 19.7. The molecule has 2 heterocycles.